The summed E-state index contributed by atoms with van der Waals surface area (Å²) in [6, 6.07) is 6.48. The van der Waals surface area contributed by atoms with E-state index in [0.717, 1.165) is 37.9 Å². The Morgan fingerprint density at radius 3 is 2.25 bits per heavy atom. The van der Waals surface area contributed by atoms with Crippen molar-refractivity contribution >= 4 is 46.7 Å². The van der Waals surface area contributed by atoms with E-state index < -0.39 is 0 Å². The van der Waals surface area contributed by atoms with Gasteiger partial charge in [0, 0.05) is 6.54 Å². The van der Waals surface area contributed by atoms with Crippen LogP contribution in [-0.2, 0) is 17.6 Å². The maximum absolute atomic E-state index is 12.7. The molecule has 0 bridgehead atoms. The average Bonchev–Trinajstić information content (AvgIpc) is 2.61. The molecule has 1 saturated heterocycles. The molecule has 0 aliphatic carbocycles. The highest BCUT2D eigenvalue weighted by atomic mass is 35.5. The van der Waals surface area contributed by atoms with Crippen LogP contribution in [-0.4, -0.2) is 34.4 Å². The Morgan fingerprint density at radius 2 is 1.75 bits per heavy atom. The molecule has 0 N–H and O–H groups in total. The number of hydrogen-bond acceptors (Lipinski definition) is 3. The molecule has 1 heterocycles. The number of amides is 1. The van der Waals surface area contributed by atoms with E-state index in [-0.39, 0.29) is 11.8 Å². The molecule has 134 valence electrons. The van der Waals surface area contributed by atoms with Crippen LogP contribution in [0.1, 0.15) is 44.2 Å². The fourth-order valence-corrected chi connectivity index (χ4v) is 6.06. The highest BCUT2D eigenvalue weighted by molar-refractivity contribution is 8.17. The molecule has 24 heavy (non-hydrogen) atoms. The molecule has 0 aromatic heterocycles. The normalized spacial score (nSPS) is 15.5. The maximum Gasteiger partial charge on any atom is 0.241 e. The van der Waals surface area contributed by atoms with Crippen molar-refractivity contribution in [3.8, 4) is 0 Å². The molecular weight excluding hydrogens is 358 g/mol. The topological polar surface area (TPSA) is 20.3 Å². The number of carbonyl (C=O) groups is 1. The Kier molecular flexibility index (Phi) is 8.85. The van der Waals surface area contributed by atoms with Gasteiger partial charge in [-0.05, 0) is 41.9 Å². The SMILES string of the molecule is CCCc1cccc(CCC)c1N(CC1SCCCS1)C(=O)CCl. The highest BCUT2D eigenvalue weighted by Crippen LogP contribution is 2.35. The number of benzene rings is 1. The molecule has 1 amide bonds. The highest BCUT2D eigenvalue weighted by Gasteiger charge is 2.25. The quantitative estimate of drug-likeness (QED) is 0.562. The predicted octanol–water partition coefficient (Wildman–Crippen LogP) is 5.36. The van der Waals surface area contributed by atoms with Crippen molar-refractivity contribution in [2.75, 3.05) is 28.8 Å². The van der Waals surface area contributed by atoms with E-state index in [1.54, 1.807) is 0 Å². The van der Waals surface area contributed by atoms with Gasteiger partial charge in [-0.3, -0.25) is 4.79 Å². The van der Waals surface area contributed by atoms with Crippen LogP contribution in [0.3, 0.4) is 0 Å². The Morgan fingerprint density at radius 1 is 1.17 bits per heavy atom. The Labute approximate surface area is 160 Å². The third-order valence-corrected chi connectivity index (χ3v) is 7.29. The second kappa shape index (κ2) is 10.6. The van der Waals surface area contributed by atoms with Crippen LogP contribution in [0.5, 0.6) is 0 Å². The van der Waals surface area contributed by atoms with Crippen LogP contribution < -0.4 is 4.90 Å². The summed E-state index contributed by atoms with van der Waals surface area (Å²) < 4.78 is 0.454. The Hall–Kier alpha value is -0.320. The molecule has 0 saturated carbocycles. The standard InChI is InChI=1S/C19H28ClNOS2/c1-3-7-15-9-5-10-16(8-4-2)19(15)21(17(22)13-20)14-18-23-11-6-12-24-18/h5,9-10,18H,3-4,6-8,11-14H2,1-2H3. The average molecular weight is 386 g/mol. The molecule has 2 rings (SSSR count). The number of thioether (sulfide) groups is 2. The van der Waals surface area contributed by atoms with Crippen molar-refractivity contribution in [1.29, 1.82) is 0 Å². The Bertz CT molecular complexity index is 508. The van der Waals surface area contributed by atoms with Gasteiger partial charge in [0.25, 0.3) is 0 Å². The van der Waals surface area contributed by atoms with Crippen molar-refractivity contribution in [1.82, 2.24) is 0 Å². The van der Waals surface area contributed by atoms with Crippen LogP contribution in [0, 0.1) is 0 Å². The third kappa shape index (κ3) is 5.34. The smallest absolute Gasteiger partial charge is 0.241 e. The molecule has 1 aliphatic heterocycles. The van der Waals surface area contributed by atoms with E-state index in [2.05, 4.69) is 32.0 Å². The maximum atomic E-state index is 12.7. The van der Waals surface area contributed by atoms with E-state index in [1.165, 1.54) is 29.1 Å². The summed E-state index contributed by atoms with van der Waals surface area (Å²) in [7, 11) is 0. The van der Waals surface area contributed by atoms with Gasteiger partial charge in [-0.15, -0.1) is 35.1 Å². The van der Waals surface area contributed by atoms with Gasteiger partial charge in [-0.1, -0.05) is 44.9 Å². The molecule has 0 radical (unpaired) electrons. The molecule has 0 spiro atoms. The van der Waals surface area contributed by atoms with Gasteiger partial charge < -0.3 is 4.90 Å². The fourth-order valence-electron chi connectivity index (χ4n) is 3.11. The summed E-state index contributed by atoms with van der Waals surface area (Å²) in [6.45, 7) is 5.14. The molecule has 5 heteroatoms. The van der Waals surface area contributed by atoms with E-state index in [4.69, 9.17) is 11.6 Å². The second-order valence-corrected chi connectivity index (χ2v) is 9.27. The second-order valence-electron chi connectivity index (χ2n) is 6.09. The predicted molar refractivity (Wildman–Crippen MR) is 111 cm³/mol. The summed E-state index contributed by atoms with van der Waals surface area (Å²) in [4.78, 5) is 14.7. The summed E-state index contributed by atoms with van der Waals surface area (Å²) in [5.41, 5.74) is 3.71. The number of nitrogens with zero attached hydrogens (tertiary/aromatic N) is 1. The van der Waals surface area contributed by atoms with Crippen LogP contribution in [0.4, 0.5) is 5.69 Å². The van der Waals surface area contributed by atoms with Crippen LogP contribution in [0.15, 0.2) is 18.2 Å². The van der Waals surface area contributed by atoms with Crippen molar-refractivity contribution in [2.45, 2.75) is 50.5 Å². The van der Waals surface area contributed by atoms with Crippen molar-refractivity contribution in [3.63, 3.8) is 0 Å². The first-order valence-corrected chi connectivity index (χ1v) is 11.5. The molecule has 1 fully saturated rings. The number of rotatable bonds is 8. The zero-order chi connectivity index (χ0) is 17.4. The minimum atomic E-state index is 0.0318. The van der Waals surface area contributed by atoms with Crippen molar-refractivity contribution < 1.29 is 4.79 Å². The number of alkyl halides is 1. The monoisotopic (exact) mass is 385 g/mol. The minimum Gasteiger partial charge on any atom is -0.309 e. The summed E-state index contributed by atoms with van der Waals surface area (Å²) in [5.74, 6) is 2.47. The van der Waals surface area contributed by atoms with E-state index in [9.17, 15) is 4.79 Å². The van der Waals surface area contributed by atoms with Gasteiger partial charge in [0.05, 0.1) is 10.3 Å². The molecule has 0 unspecified atom stereocenters. The zero-order valence-electron chi connectivity index (χ0n) is 14.7. The summed E-state index contributed by atoms with van der Waals surface area (Å²) in [5, 5.41) is 0. The van der Waals surface area contributed by atoms with Gasteiger partial charge in [0.15, 0.2) is 0 Å². The van der Waals surface area contributed by atoms with Gasteiger partial charge in [-0.25, -0.2) is 0 Å². The number of para-hydroxylation sites is 1. The first-order valence-electron chi connectivity index (χ1n) is 8.91. The molecule has 1 aromatic rings. The van der Waals surface area contributed by atoms with Gasteiger partial charge in [0.1, 0.15) is 5.88 Å². The van der Waals surface area contributed by atoms with Gasteiger partial charge >= 0.3 is 0 Å². The lowest BCUT2D eigenvalue weighted by atomic mass is 9.99. The zero-order valence-corrected chi connectivity index (χ0v) is 17.1. The number of carbonyl (C=O) groups excluding carboxylic acids is 1. The van der Waals surface area contributed by atoms with E-state index in [1.807, 2.05) is 28.4 Å². The van der Waals surface area contributed by atoms with Crippen LogP contribution in [0.2, 0.25) is 0 Å². The lowest BCUT2D eigenvalue weighted by Gasteiger charge is -2.32. The number of halogens is 1. The molecular formula is C19H28ClNOS2. The van der Waals surface area contributed by atoms with Crippen molar-refractivity contribution in [3.05, 3.63) is 29.3 Å². The molecule has 1 aliphatic rings. The number of anilines is 1. The van der Waals surface area contributed by atoms with Crippen LogP contribution >= 0.6 is 35.1 Å². The van der Waals surface area contributed by atoms with Gasteiger partial charge in [0.2, 0.25) is 5.91 Å². The van der Waals surface area contributed by atoms with E-state index >= 15 is 0 Å². The van der Waals surface area contributed by atoms with Gasteiger partial charge in [-0.2, -0.15) is 0 Å². The summed E-state index contributed by atoms with van der Waals surface area (Å²) >= 11 is 9.93. The largest absolute Gasteiger partial charge is 0.309 e. The van der Waals surface area contributed by atoms with Crippen LogP contribution in [0.25, 0.3) is 0 Å². The van der Waals surface area contributed by atoms with E-state index in [0.29, 0.717) is 4.58 Å². The summed E-state index contributed by atoms with van der Waals surface area (Å²) in [6.07, 6.45) is 5.44. The van der Waals surface area contributed by atoms with Crippen molar-refractivity contribution in [2.24, 2.45) is 0 Å². The number of hydrogen-bond donors (Lipinski definition) is 0. The lowest BCUT2D eigenvalue weighted by Crippen LogP contribution is -2.38. The molecule has 1 aromatic carbocycles. The Balaban J connectivity index is 2.37. The molecule has 2 nitrogen and oxygen atoms in total. The lowest BCUT2D eigenvalue weighted by molar-refractivity contribution is -0.116. The first kappa shape index (κ1) is 20.0. The minimum absolute atomic E-state index is 0.0318. The third-order valence-electron chi connectivity index (χ3n) is 4.15. The number of aryl methyl sites for hydroxylation is 2. The first-order chi connectivity index (χ1) is 11.7. The fraction of sp³-hybridized carbons (Fsp3) is 0.632. The molecule has 0 atom stereocenters.